The predicted molar refractivity (Wildman–Crippen MR) is 76.3 cm³/mol. The van der Waals surface area contributed by atoms with Crippen molar-refractivity contribution < 1.29 is 14.6 Å². The Kier molecular flexibility index (Phi) is 6.42. The molecule has 0 fully saturated rings. The molecule has 1 N–H and O–H groups in total. The number of aliphatic carboxylic acids is 1. The van der Waals surface area contributed by atoms with Gasteiger partial charge in [0.25, 0.3) is 0 Å². The number of carbonyl (C=O) groups is 1. The van der Waals surface area contributed by atoms with E-state index >= 15 is 0 Å². The van der Waals surface area contributed by atoms with Crippen LogP contribution in [-0.4, -0.2) is 41.7 Å². The number of carboxylic acids is 1. The van der Waals surface area contributed by atoms with E-state index < -0.39 is 5.97 Å². The zero-order valence-electron chi connectivity index (χ0n) is 10.9. The highest BCUT2D eigenvalue weighted by atomic mass is 35.5. The summed E-state index contributed by atoms with van der Waals surface area (Å²) >= 11 is 11.7. The van der Waals surface area contributed by atoms with E-state index in [0.29, 0.717) is 28.9 Å². The minimum absolute atomic E-state index is 0.00265. The summed E-state index contributed by atoms with van der Waals surface area (Å²) in [6, 6.07) is 5.11. The van der Waals surface area contributed by atoms with Crippen molar-refractivity contribution in [3.05, 3.63) is 28.2 Å². The third-order valence-electron chi connectivity index (χ3n) is 2.55. The molecule has 4 nitrogen and oxygen atoms in total. The van der Waals surface area contributed by atoms with Crippen molar-refractivity contribution in [1.82, 2.24) is 4.90 Å². The first-order valence-corrected chi connectivity index (χ1v) is 6.69. The number of hydrogen-bond acceptors (Lipinski definition) is 3. The second-order valence-corrected chi connectivity index (χ2v) is 5.28. The summed E-state index contributed by atoms with van der Waals surface area (Å²) in [4.78, 5) is 12.5. The van der Waals surface area contributed by atoms with Crippen LogP contribution in [0.2, 0.25) is 10.0 Å². The summed E-state index contributed by atoms with van der Waals surface area (Å²) in [5.74, 6) is -0.268. The molecule has 106 valence electrons. The fourth-order valence-electron chi connectivity index (χ4n) is 1.59. The lowest BCUT2D eigenvalue weighted by Crippen LogP contribution is -2.38. The van der Waals surface area contributed by atoms with E-state index in [1.54, 1.807) is 18.2 Å². The van der Waals surface area contributed by atoms with E-state index in [4.69, 9.17) is 33.0 Å². The maximum absolute atomic E-state index is 10.7. The summed E-state index contributed by atoms with van der Waals surface area (Å²) in [5.41, 5.74) is 0. The lowest BCUT2D eigenvalue weighted by Gasteiger charge is -2.24. The molecule has 19 heavy (non-hydrogen) atoms. The first-order chi connectivity index (χ1) is 8.88. The van der Waals surface area contributed by atoms with Gasteiger partial charge in [-0.05, 0) is 32.0 Å². The molecule has 6 heteroatoms. The molecular formula is C13H17Cl2NO3. The van der Waals surface area contributed by atoms with Gasteiger partial charge in [0.1, 0.15) is 12.4 Å². The molecule has 0 aliphatic rings. The summed E-state index contributed by atoms with van der Waals surface area (Å²) < 4.78 is 5.53. The topological polar surface area (TPSA) is 49.8 Å². The Bertz CT molecular complexity index is 418. The second kappa shape index (κ2) is 7.58. The number of halogens is 2. The molecule has 0 amide bonds. The summed E-state index contributed by atoms with van der Waals surface area (Å²) in [7, 11) is 0. The van der Waals surface area contributed by atoms with E-state index in [1.165, 1.54) is 0 Å². The first-order valence-electron chi connectivity index (χ1n) is 5.93. The van der Waals surface area contributed by atoms with Crippen LogP contribution in [0, 0.1) is 0 Å². The standard InChI is InChI=1S/C13H17Cl2NO3/c1-9(2)16(8-13(17)18)3-4-19-12-6-10(14)5-11(15)7-12/h5-7,9H,3-4,8H2,1-2H3,(H,17,18). The maximum Gasteiger partial charge on any atom is 0.317 e. The van der Waals surface area contributed by atoms with Crippen LogP contribution in [0.15, 0.2) is 18.2 Å². The van der Waals surface area contributed by atoms with E-state index in [0.717, 1.165) is 0 Å². The van der Waals surface area contributed by atoms with Crippen molar-refractivity contribution in [3.63, 3.8) is 0 Å². The van der Waals surface area contributed by atoms with Gasteiger partial charge in [-0.2, -0.15) is 0 Å². The highest BCUT2D eigenvalue weighted by molar-refractivity contribution is 6.34. The molecule has 1 aromatic rings. The fraction of sp³-hybridized carbons (Fsp3) is 0.462. The molecule has 1 aromatic carbocycles. The van der Waals surface area contributed by atoms with E-state index in [9.17, 15) is 4.79 Å². The molecule has 0 aromatic heterocycles. The van der Waals surface area contributed by atoms with Crippen molar-refractivity contribution in [2.45, 2.75) is 19.9 Å². The van der Waals surface area contributed by atoms with Crippen molar-refractivity contribution in [2.24, 2.45) is 0 Å². The predicted octanol–water partition coefficient (Wildman–Crippen LogP) is 3.17. The molecule has 0 aliphatic heterocycles. The number of ether oxygens (including phenoxy) is 1. The number of carboxylic acid groups (broad SMARTS) is 1. The first kappa shape index (κ1) is 16.1. The van der Waals surface area contributed by atoms with Crippen LogP contribution < -0.4 is 4.74 Å². The van der Waals surface area contributed by atoms with Crippen molar-refractivity contribution >= 4 is 29.2 Å². The Hall–Kier alpha value is -0.970. The number of benzene rings is 1. The van der Waals surface area contributed by atoms with Gasteiger partial charge in [-0.25, -0.2) is 0 Å². The normalized spacial score (nSPS) is 11.1. The Morgan fingerprint density at radius 1 is 1.32 bits per heavy atom. The molecule has 0 saturated heterocycles. The van der Waals surface area contributed by atoms with E-state index in [2.05, 4.69) is 0 Å². The molecule has 0 bridgehead atoms. The molecule has 0 unspecified atom stereocenters. The van der Waals surface area contributed by atoms with Crippen LogP contribution >= 0.6 is 23.2 Å². The molecular weight excluding hydrogens is 289 g/mol. The summed E-state index contributed by atoms with van der Waals surface area (Å²) in [6.07, 6.45) is 0. The van der Waals surface area contributed by atoms with Crippen molar-refractivity contribution in [1.29, 1.82) is 0 Å². The lowest BCUT2D eigenvalue weighted by molar-refractivity contribution is -0.138. The van der Waals surface area contributed by atoms with Crippen LogP contribution in [0.25, 0.3) is 0 Å². The Morgan fingerprint density at radius 3 is 2.37 bits per heavy atom. The Morgan fingerprint density at radius 2 is 1.89 bits per heavy atom. The van der Waals surface area contributed by atoms with Gasteiger partial charge < -0.3 is 9.84 Å². The average Bonchev–Trinajstić information content (AvgIpc) is 2.25. The molecule has 1 rings (SSSR count). The lowest BCUT2D eigenvalue weighted by atomic mass is 10.3. The maximum atomic E-state index is 10.7. The van der Waals surface area contributed by atoms with Gasteiger partial charge in [-0.3, -0.25) is 9.69 Å². The minimum Gasteiger partial charge on any atom is -0.492 e. The van der Waals surface area contributed by atoms with Crippen molar-refractivity contribution in [2.75, 3.05) is 19.7 Å². The molecule has 0 spiro atoms. The fourth-order valence-corrected chi connectivity index (χ4v) is 2.09. The molecule has 0 atom stereocenters. The van der Waals surface area contributed by atoms with Gasteiger partial charge >= 0.3 is 5.97 Å². The van der Waals surface area contributed by atoms with Gasteiger partial charge in [0.15, 0.2) is 0 Å². The van der Waals surface area contributed by atoms with Crippen LogP contribution in [0.5, 0.6) is 5.75 Å². The average molecular weight is 306 g/mol. The number of nitrogens with zero attached hydrogens (tertiary/aromatic N) is 1. The van der Waals surface area contributed by atoms with Crippen LogP contribution in [-0.2, 0) is 4.79 Å². The van der Waals surface area contributed by atoms with E-state index in [-0.39, 0.29) is 12.6 Å². The minimum atomic E-state index is -0.848. The van der Waals surface area contributed by atoms with Gasteiger partial charge in [0, 0.05) is 22.6 Å². The Balaban J connectivity index is 2.49. The second-order valence-electron chi connectivity index (χ2n) is 4.41. The van der Waals surface area contributed by atoms with Crippen LogP contribution in [0.4, 0.5) is 0 Å². The smallest absolute Gasteiger partial charge is 0.317 e. The Labute approximate surface area is 122 Å². The third kappa shape index (κ3) is 6.14. The van der Waals surface area contributed by atoms with Crippen molar-refractivity contribution in [3.8, 4) is 5.75 Å². The van der Waals surface area contributed by atoms with Gasteiger partial charge in [-0.1, -0.05) is 23.2 Å². The molecule has 0 saturated carbocycles. The van der Waals surface area contributed by atoms with Gasteiger partial charge in [0.05, 0.1) is 6.54 Å². The zero-order chi connectivity index (χ0) is 14.4. The van der Waals surface area contributed by atoms with Crippen LogP contribution in [0.3, 0.4) is 0 Å². The molecule has 0 heterocycles. The highest BCUT2D eigenvalue weighted by Crippen LogP contribution is 2.24. The zero-order valence-corrected chi connectivity index (χ0v) is 12.4. The largest absolute Gasteiger partial charge is 0.492 e. The highest BCUT2D eigenvalue weighted by Gasteiger charge is 2.13. The van der Waals surface area contributed by atoms with Gasteiger partial charge in [-0.15, -0.1) is 0 Å². The molecule has 0 aliphatic carbocycles. The van der Waals surface area contributed by atoms with Crippen LogP contribution in [0.1, 0.15) is 13.8 Å². The monoisotopic (exact) mass is 305 g/mol. The third-order valence-corrected chi connectivity index (χ3v) is 2.99. The SMILES string of the molecule is CC(C)N(CCOc1cc(Cl)cc(Cl)c1)CC(=O)O. The van der Waals surface area contributed by atoms with E-state index in [1.807, 2.05) is 18.7 Å². The molecule has 0 radical (unpaired) electrons. The number of rotatable bonds is 7. The summed E-state index contributed by atoms with van der Waals surface area (Å²) in [5, 5.41) is 9.82. The summed E-state index contributed by atoms with van der Waals surface area (Å²) in [6.45, 7) is 4.78. The van der Waals surface area contributed by atoms with Gasteiger partial charge in [0.2, 0.25) is 0 Å². The number of hydrogen-bond donors (Lipinski definition) is 1. The quantitative estimate of drug-likeness (QED) is 0.840.